The number of hydrogen-bond donors (Lipinski definition) is 1. The van der Waals surface area contributed by atoms with Crippen LogP contribution < -0.4 is 10.1 Å². The first-order valence-electron chi connectivity index (χ1n) is 6.48. The predicted octanol–water partition coefficient (Wildman–Crippen LogP) is 0.322. The molecule has 2 amide bonds. The van der Waals surface area contributed by atoms with Crippen LogP contribution in [-0.4, -0.2) is 47.9 Å². The molecule has 112 valence electrons. The van der Waals surface area contributed by atoms with Crippen molar-refractivity contribution in [3.05, 3.63) is 34.4 Å². The van der Waals surface area contributed by atoms with E-state index in [4.69, 9.17) is 4.74 Å². The molecule has 1 aromatic carbocycles. The highest BCUT2D eigenvalue weighted by Gasteiger charge is 2.18. The Labute approximate surface area is 120 Å². The summed E-state index contributed by atoms with van der Waals surface area (Å²) < 4.78 is 5.30. The van der Waals surface area contributed by atoms with Gasteiger partial charge in [-0.2, -0.15) is 0 Å². The Bertz CT molecular complexity index is 543. The lowest BCUT2D eigenvalue weighted by Gasteiger charge is -2.19. The van der Waals surface area contributed by atoms with E-state index in [2.05, 4.69) is 5.32 Å². The molecule has 8 nitrogen and oxygen atoms in total. The Hall–Kier alpha value is -2.64. The summed E-state index contributed by atoms with van der Waals surface area (Å²) in [7, 11) is 0. The van der Waals surface area contributed by atoms with Crippen molar-refractivity contribution in [3.8, 4) is 5.75 Å². The molecule has 0 unspecified atom stereocenters. The van der Waals surface area contributed by atoms with Crippen molar-refractivity contribution in [2.75, 3.05) is 26.2 Å². The summed E-state index contributed by atoms with van der Waals surface area (Å²) in [6, 6.07) is 5.51. The van der Waals surface area contributed by atoms with E-state index in [0.29, 0.717) is 25.4 Å². The van der Waals surface area contributed by atoms with Crippen molar-refractivity contribution >= 4 is 17.5 Å². The van der Waals surface area contributed by atoms with Crippen LogP contribution in [-0.2, 0) is 9.59 Å². The molecule has 0 atom stereocenters. The number of nitro benzene ring substituents is 1. The van der Waals surface area contributed by atoms with Gasteiger partial charge in [0.15, 0.2) is 6.61 Å². The zero-order valence-electron chi connectivity index (χ0n) is 11.3. The molecular weight excluding hydrogens is 278 g/mol. The van der Waals surface area contributed by atoms with Crippen molar-refractivity contribution in [2.45, 2.75) is 6.42 Å². The summed E-state index contributed by atoms with van der Waals surface area (Å²) >= 11 is 0. The Balaban J connectivity index is 1.85. The first-order chi connectivity index (χ1) is 10.1. The van der Waals surface area contributed by atoms with Crippen molar-refractivity contribution in [2.24, 2.45) is 0 Å². The standard InChI is InChI=1S/C13H15N3O5/c17-12-5-7-15(8-6-14-12)13(18)9-21-11-3-1-10(2-4-11)16(19)20/h1-4H,5-9H2,(H,14,17). The molecule has 8 heteroatoms. The number of carbonyl (C=O) groups excluding carboxylic acids is 2. The van der Waals surface area contributed by atoms with Gasteiger partial charge in [-0.15, -0.1) is 0 Å². The van der Waals surface area contributed by atoms with Gasteiger partial charge in [-0.3, -0.25) is 19.7 Å². The van der Waals surface area contributed by atoms with Gasteiger partial charge < -0.3 is 15.0 Å². The fourth-order valence-corrected chi connectivity index (χ4v) is 1.92. The Morgan fingerprint density at radius 2 is 2.05 bits per heavy atom. The van der Waals surface area contributed by atoms with E-state index in [1.54, 1.807) is 4.90 Å². The minimum atomic E-state index is -0.504. The van der Waals surface area contributed by atoms with Crippen LogP contribution in [0.15, 0.2) is 24.3 Å². The highest BCUT2D eigenvalue weighted by Crippen LogP contribution is 2.17. The maximum absolute atomic E-state index is 12.0. The summed E-state index contributed by atoms with van der Waals surface area (Å²) in [5, 5.41) is 13.2. The third-order valence-corrected chi connectivity index (χ3v) is 3.08. The van der Waals surface area contributed by atoms with Gasteiger partial charge in [-0.05, 0) is 12.1 Å². The number of benzene rings is 1. The lowest BCUT2D eigenvalue weighted by molar-refractivity contribution is -0.384. The highest BCUT2D eigenvalue weighted by molar-refractivity contribution is 5.80. The van der Waals surface area contributed by atoms with Crippen LogP contribution in [0.3, 0.4) is 0 Å². The number of non-ortho nitro benzene ring substituents is 1. The van der Waals surface area contributed by atoms with E-state index >= 15 is 0 Å². The molecule has 1 saturated heterocycles. The minimum absolute atomic E-state index is 0.0363. The van der Waals surface area contributed by atoms with Crippen molar-refractivity contribution in [3.63, 3.8) is 0 Å². The lowest BCUT2D eigenvalue weighted by atomic mass is 10.3. The van der Waals surface area contributed by atoms with Gasteiger partial charge in [0.2, 0.25) is 5.91 Å². The maximum atomic E-state index is 12.0. The Morgan fingerprint density at radius 3 is 2.71 bits per heavy atom. The first kappa shape index (κ1) is 14.8. The molecule has 0 aromatic heterocycles. The van der Waals surface area contributed by atoms with Crippen molar-refractivity contribution in [1.82, 2.24) is 10.2 Å². The quantitative estimate of drug-likeness (QED) is 0.636. The van der Waals surface area contributed by atoms with Crippen LogP contribution in [0.2, 0.25) is 0 Å². The van der Waals surface area contributed by atoms with Crippen LogP contribution in [0.1, 0.15) is 6.42 Å². The number of hydrogen-bond acceptors (Lipinski definition) is 5. The molecule has 0 aliphatic carbocycles. The zero-order valence-corrected chi connectivity index (χ0v) is 11.3. The number of ether oxygens (including phenoxy) is 1. The van der Waals surface area contributed by atoms with Crippen molar-refractivity contribution in [1.29, 1.82) is 0 Å². The van der Waals surface area contributed by atoms with Gasteiger partial charge in [0.05, 0.1) is 4.92 Å². The summed E-state index contributed by atoms with van der Waals surface area (Å²) in [5.41, 5.74) is -0.0363. The summed E-state index contributed by atoms with van der Waals surface area (Å²) in [4.78, 5) is 34.7. The summed E-state index contributed by atoms with van der Waals surface area (Å²) in [6.45, 7) is 1.09. The van der Waals surface area contributed by atoms with Gasteiger partial charge in [0, 0.05) is 38.2 Å². The van der Waals surface area contributed by atoms with Gasteiger partial charge >= 0.3 is 0 Å². The second-order valence-electron chi connectivity index (χ2n) is 4.52. The normalized spacial score (nSPS) is 15.0. The van der Waals surface area contributed by atoms with Gasteiger partial charge in [0.25, 0.3) is 11.6 Å². The molecule has 1 fully saturated rings. The molecule has 1 aliphatic rings. The molecule has 2 rings (SSSR count). The fourth-order valence-electron chi connectivity index (χ4n) is 1.92. The van der Waals surface area contributed by atoms with Crippen LogP contribution >= 0.6 is 0 Å². The van der Waals surface area contributed by atoms with Crippen molar-refractivity contribution < 1.29 is 19.2 Å². The van der Waals surface area contributed by atoms with E-state index in [0.717, 1.165) is 0 Å². The topological polar surface area (TPSA) is 102 Å². The third kappa shape index (κ3) is 4.16. The van der Waals surface area contributed by atoms with Crippen LogP contribution in [0.5, 0.6) is 5.75 Å². The molecule has 21 heavy (non-hydrogen) atoms. The second kappa shape index (κ2) is 6.69. The highest BCUT2D eigenvalue weighted by atomic mass is 16.6. The molecule has 1 aromatic rings. The molecule has 1 N–H and O–H groups in total. The second-order valence-corrected chi connectivity index (χ2v) is 4.52. The van der Waals surface area contributed by atoms with Crippen LogP contribution in [0.25, 0.3) is 0 Å². The molecule has 0 radical (unpaired) electrons. The number of nitrogens with one attached hydrogen (secondary N) is 1. The van der Waals surface area contributed by atoms with E-state index < -0.39 is 4.92 Å². The smallest absolute Gasteiger partial charge is 0.269 e. The molecule has 1 heterocycles. The number of nitro groups is 1. The number of rotatable bonds is 4. The zero-order chi connectivity index (χ0) is 15.2. The Morgan fingerprint density at radius 1 is 1.33 bits per heavy atom. The summed E-state index contributed by atoms with van der Waals surface area (Å²) in [5.74, 6) is 0.101. The van der Waals surface area contributed by atoms with E-state index in [-0.39, 0.29) is 30.5 Å². The fraction of sp³-hybridized carbons (Fsp3) is 0.385. The average Bonchev–Trinajstić information content (AvgIpc) is 2.70. The van der Waals surface area contributed by atoms with Gasteiger partial charge in [-0.1, -0.05) is 0 Å². The van der Waals surface area contributed by atoms with E-state index in [1.807, 2.05) is 0 Å². The number of amides is 2. The largest absolute Gasteiger partial charge is 0.484 e. The maximum Gasteiger partial charge on any atom is 0.269 e. The van der Waals surface area contributed by atoms with E-state index in [9.17, 15) is 19.7 Å². The van der Waals surface area contributed by atoms with Crippen LogP contribution in [0, 0.1) is 10.1 Å². The summed E-state index contributed by atoms with van der Waals surface area (Å²) in [6.07, 6.45) is 0.281. The Kier molecular flexibility index (Phi) is 4.70. The number of carbonyl (C=O) groups is 2. The predicted molar refractivity (Wildman–Crippen MR) is 72.8 cm³/mol. The van der Waals surface area contributed by atoms with Gasteiger partial charge in [-0.25, -0.2) is 0 Å². The number of nitrogens with zero attached hydrogens (tertiary/aromatic N) is 2. The lowest BCUT2D eigenvalue weighted by Crippen LogP contribution is -2.37. The molecule has 0 saturated carbocycles. The molecule has 1 aliphatic heterocycles. The average molecular weight is 293 g/mol. The minimum Gasteiger partial charge on any atom is -0.484 e. The third-order valence-electron chi connectivity index (χ3n) is 3.08. The molecule has 0 spiro atoms. The molecule has 0 bridgehead atoms. The van der Waals surface area contributed by atoms with E-state index in [1.165, 1.54) is 24.3 Å². The first-order valence-corrected chi connectivity index (χ1v) is 6.48. The van der Waals surface area contributed by atoms with Gasteiger partial charge in [0.1, 0.15) is 5.75 Å². The van der Waals surface area contributed by atoms with Crippen LogP contribution in [0.4, 0.5) is 5.69 Å². The SMILES string of the molecule is O=C1CCN(C(=O)COc2ccc([N+](=O)[O-])cc2)CCN1. The molecular formula is C13H15N3O5. The monoisotopic (exact) mass is 293 g/mol.